The fraction of sp³-hybridized carbons (Fsp3) is 0.667. The molecule has 11 heavy (non-hydrogen) atoms. The third-order valence-electron chi connectivity index (χ3n) is 1.72. The molecular formula is C6H7BFNO2. The van der Waals surface area contributed by atoms with Gasteiger partial charge in [0.2, 0.25) is 5.70 Å². The lowest BCUT2D eigenvalue weighted by molar-refractivity contribution is -0.429. The van der Waals surface area contributed by atoms with Crippen LogP contribution in [0.1, 0.15) is 12.8 Å². The van der Waals surface area contributed by atoms with Crippen molar-refractivity contribution < 1.29 is 9.31 Å². The maximum Gasteiger partial charge on any atom is 0.242 e. The van der Waals surface area contributed by atoms with Crippen molar-refractivity contribution in [3.63, 3.8) is 0 Å². The normalized spacial score (nSPS) is 31.2. The molecule has 0 unspecified atom stereocenters. The summed E-state index contributed by atoms with van der Waals surface area (Å²) in [6.45, 7) is 0. The van der Waals surface area contributed by atoms with Crippen LogP contribution in [-0.2, 0) is 0 Å². The first-order chi connectivity index (χ1) is 5.11. The summed E-state index contributed by atoms with van der Waals surface area (Å²) in [5.41, 5.74) is 0.0337. The minimum Gasteiger partial charge on any atom is -0.259 e. The molecule has 3 nitrogen and oxygen atoms in total. The highest BCUT2D eigenvalue weighted by Crippen LogP contribution is 2.28. The smallest absolute Gasteiger partial charge is 0.242 e. The SMILES string of the molecule is [B][C@H]1CC([N+](=O)[O-])=CC[C@H]1F. The number of nitro groups is 1. The predicted molar refractivity (Wildman–Crippen MR) is 38.7 cm³/mol. The molecule has 0 aromatic carbocycles. The Morgan fingerprint density at radius 1 is 1.82 bits per heavy atom. The zero-order valence-corrected chi connectivity index (χ0v) is 5.87. The van der Waals surface area contributed by atoms with Gasteiger partial charge in [-0.1, -0.05) is 0 Å². The van der Waals surface area contributed by atoms with E-state index in [1.165, 1.54) is 6.08 Å². The number of halogens is 1. The van der Waals surface area contributed by atoms with Crippen LogP contribution in [0.25, 0.3) is 0 Å². The van der Waals surface area contributed by atoms with Crippen LogP contribution in [-0.4, -0.2) is 18.9 Å². The lowest BCUT2D eigenvalue weighted by Crippen LogP contribution is -2.17. The van der Waals surface area contributed by atoms with E-state index in [1.807, 2.05) is 0 Å². The third kappa shape index (κ3) is 1.79. The van der Waals surface area contributed by atoms with Crippen LogP contribution in [0.4, 0.5) is 4.39 Å². The van der Waals surface area contributed by atoms with Gasteiger partial charge in [-0.05, 0) is 11.9 Å². The zero-order chi connectivity index (χ0) is 8.43. The van der Waals surface area contributed by atoms with E-state index in [-0.39, 0.29) is 18.5 Å². The third-order valence-corrected chi connectivity index (χ3v) is 1.72. The average Bonchev–Trinajstić information content (AvgIpc) is 1.94. The minimum atomic E-state index is -1.13. The Labute approximate surface area is 64.8 Å². The molecule has 0 heterocycles. The maximum atomic E-state index is 12.6. The van der Waals surface area contributed by atoms with Crippen LogP contribution in [0, 0.1) is 10.1 Å². The summed E-state index contributed by atoms with van der Waals surface area (Å²) in [7, 11) is 5.29. The van der Waals surface area contributed by atoms with Gasteiger partial charge < -0.3 is 0 Å². The second-order valence-electron chi connectivity index (χ2n) is 2.57. The van der Waals surface area contributed by atoms with E-state index >= 15 is 0 Å². The molecule has 1 aliphatic rings. The van der Waals surface area contributed by atoms with Crippen molar-refractivity contribution in [3.8, 4) is 0 Å². The second kappa shape index (κ2) is 3.03. The highest BCUT2D eigenvalue weighted by atomic mass is 19.1. The first-order valence-electron chi connectivity index (χ1n) is 3.34. The molecule has 0 spiro atoms. The van der Waals surface area contributed by atoms with Gasteiger partial charge in [0.05, 0.1) is 18.9 Å². The van der Waals surface area contributed by atoms with Crippen LogP contribution in [0.2, 0.25) is 5.82 Å². The van der Waals surface area contributed by atoms with E-state index < -0.39 is 16.9 Å². The molecule has 1 aliphatic carbocycles. The first-order valence-corrected chi connectivity index (χ1v) is 3.34. The van der Waals surface area contributed by atoms with E-state index in [0.717, 1.165) is 0 Å². The van der Waals surface area contributed by atoms with Crippen molar-refractivity contribution in [1.29, 1.82) is 0 Å². The maximum absolute atomic E-state index is 12.6. The topological polar surface area (TPSA) is 43.1 Å². The summed E-state index contributed by atoms with van der Waals surface area (Å²) >= 11 is 0. The monoisotopic (exact) mass is 155 g/mol. The summed E-state index contributed by atoms with van der Waals surface area (Å²) in [5.74, 6) is -0.708. The summed E-state index contributed by atoms with van der Waals surface area (Å²) in [6.07, 6.45) is 0.276. The molecule has 2 radical (unpaired) electrons. The number of alkyl halides is 1. The van der Waals surface area contributed by atoms with Crippen LogP contribution < -0.4 is 0 Å². The Morgan fingerprint density at radius 2 is 2.45 bits per heavy atom. The second-order valence-corrected chi connectivity index (χ2v) is 2.57. The highest BCUT2D eigenvalue weighted by Gasteiger charge is 2.26. The Hall–Kier alpha value is -0.865. The fourth-order valence-corrected chi connectivity index (χ4v) is 1.03. The Kier molecular flexibility index (Phi) is 2.26. The molecule has 0 aromatic heterocycles. The van der Waals surface area contributed by atoms with Crippen LogP contribution in [0.15, 0.2) is 11.8 Å². The van der Waals surface area contributed by atoms with Gasteiger partial charge in [0.15, 0.2) is 0 Å². The van der Waals surface area contributed by atoms with Crippen molar-refractivity contribution in [1.82, 2.24) is 0 Å². The van der Waals surface area contributed by atoms with E-state index in [0.29, 0.717) is 0 Å². The zero-order valence-electron chi connectivity index (χ0n) is 5.87. The van der Waals surface area contributed by atoms with E-state index in [9.17, 15) is 14.5 Å². The predicted octanol–water partition coefficient (Wildman–Crippen LogP) is 1.24. The van der Waals surface area contributed by atoms with E-state index in [1.54, 1.807) is 0 Å². The lowest BCUT2D eigenvalue weighted by Gasteiger charge is -2.18. The fourth-order valence-electron chi connectivity index (χ4n) is 1.03. The summed E-state index contributed by atoms with van der Waals surface area (Å²) < 4.78 is 12.6. The molecular weight excluding hydrogens is 148 g/mol. The average molecular weight is 155 g/mol. The van der Waals surface area contributed by atoms with Gasteiger partial charge >= 0.3 is 0 Å². The van der Waals surface area contributed by atoms with Crippen LogP contribution >= 0.6 is 0 Å². The molecule has 0 aliphatic heterocycles. The van der Waals surface area contributed by atoms with Gasteiger partial charge in [-0.25, -0.2) is 4.39 Å². The molecule has 0 N–H and O–H groups in total. The first kappa shape index (κ1) is 8.23. The summed E-state index contributed by atoms with van der Waals surface area (Å²) in [4.78, 5) is 9.66. The van der Waals surface area contributed by atoms with Crippen molar-refractivity contribution in [2.24, 2.45) is 0 Å². The standard InChI is InChI=1S/C6H7BFNO2/c7-5-3-4(9(10)11)1-2-6(5)8/h1,5-6H,2-3H2/t5-,6+/m0/s1. The molecule has 0 aromatic rings. The molecule has 58 valence electrons. The molecule has 0 fully saturated rings. The number of nitrogens with zero attached hydrogens (tertiary/aromatic N) is 1. The van der Waals surface area contributed by atoms with Crippen molar-refractivity contribution >= 4 is 7.85 Å². The molecule has 0 saturated carbocycles. The van der Waals surface area contributed by atoms with Crippen LogP contribution in [0.5, 0.6) is 0 Å². The Morgan fingerprint density at radius 3 is 2.91 bits per heavy atom. The Balaban J connectivity index is 2.66. The van der Waals surface area contributed by atoms with Gasteiger partial charge in [0.1, 0.15) is 0 Å². The molecule has 0 saturated heterocycles. The van der Waals surface area contributed by atoms with Gasteiger partial charge in [-0.2, -0.15) is 0 Å². The minimum absolute atomic E-state index is 0.0337. The van der Waals surface area contributed by atoms with Gasteiger partial charge in [-0.3, -0.25) is 10.1 Å². The summed E-state index contributed by atoms with van der Waals surface area (Å²) in [5, 5.41) is 10.2. The number of rotatable bonds is 1. The summed E-state index contributed by atoms with van der Waals surface area (Å²) in [6, 6.07) is 0. The van der Waals surface area contributed by atoms with Crippen molar-refractivity contribution in [2.45, 2.75) is 24.8 Å². The lowest BCUT2D eigenvalue weighted by atomic mass is 9.76. The highest BCUT2D eigenvalue weighted by molar-refractivity contribution is 6.12. The van der Waals surface area contributed by atoms with Crippen molar-refractivity contribution in [2.75, 3.05) is 0 Å². The number of hydrogen-bond acceptors (Lipinski definition) is 2. The Bertz CT molecular complexity index is 207. The van der Waals surface area contributed by atoms with Gasteiger partial charge in [0.25, 0.3) is 0 Å². The molecule has 0 bridgehead atoms. The molecule has 2 atom stereocenters. The van der Waals surface area contributed by atoms with E-state index in [4.69, 9.17) is 7.85 Å². The quantitative estimate of drug-likeness (QED) is 0.324. The molecule has 0 amide bonds. The number of allylic oxidation sites excluding steroid dienone is 2. The van der Waals surface area contributed by atoms with Crippen molar-refractivity contribution in [3.05, 3.63) is 21.9 Å². The molecule has 1 rings (SSSR count). The number of hydrogen-bond donors (Lipinski definition) is 0. The van der Waals surface area contributed by atoms with Crippen LogP contribution in [0.3, 0.4) is 0 Å². The molecule has 5 heteroatoms. The largest absolute Gasteiger partial charge is 0.259 e. The van der Waals surface area contributed by atoms with Gasteiger partial charge in [0, 0.05) is 12.8 Å². The van der Waals surface area contributed by atoms with E-state index in [2.05, 4.69) is 0 Å². The van der Waals surface area contributed by atoms with Gasteiger partial charge in [-0.15, -0.1) is 0 Å².